The molecule has 172 valence electrons. The number of aromatic nitrogens is 6. The molecule has 0 amide bonds. The Hall–Kier alpha value is -4.17. The second-order valence-corrected chi connectivity index (χ2v) is 8.26. The van der Waals surface area contributed by atoms with Gasteiger partial charge in [0.1, 0.15) is 23.2 Å². The number of nitrogens with two attached hydrogens (primary N) is 1. The summed E-state index contributed by atoms with van der Waals surface area (Å²) in [5.74, 6) is 0.501. The average molecular weight is 459 g/mol. The maximum absolute atomic E-state index is 14.6. The maximum atomic E-state index is 14.6. The van der Waals surface area contributed by atoms with Gasteiger partial charge in [0, 0.05) is 50.6 Å². The number of nitriles is 1. The molecule has 0 aliphatic carbocycles. The van der Waals surface area contributed by atoms with E-state index in [2.05, 4.69) is 25.5 Å². The minimum absolute atomic E-state index is 0.0268. The predicted molar refractivity (Wildman–Crippen MR) is 126 cm³/mol. The van der Waals surface area contributed by atoms with E-state index in [1.165, 1.54) is 12.1 Å². The molecule has 0 unspecified atom stereocenters. The summed E-state index contributed by atoms with van der Waals surface area (Å²) in [6, 6.07) is 8.36. The lowest BCUT2D eigenvalue weighted by molar-refractivity contribution is 0.496. The predicted octanol–water partition coefficient (Wildman–Crippen LogP) is 2.47. The number of hydrogen-bond acceptors (Lipinski definition) is 9. The molecule has 0 radical (unpaired) electrons. The highest BCUT2D eigenvalue weighted by molar-refractivity contribution is 5.91. The Morgan fingerprint density at radius 1 is 1.18 bits per heavy atom. The van der Waals surface area contributed by atoms with Crippen molar-refractivity contribution in [3.05, 3.63) is 41.8 Å². The summed E-state index contributed by atoms with van der Waals surface area (Å²) in [5.41, 5.74) is 9.73. The van der Waals surface area contributed by atoms with Crippen LogP contribution in [0.25, 0.3) is 33.5 Å². The van der Waals surface area contributed by atoms with E-state index in [1.807, 2.05) is 12.1 Å². The van der Waals surface area contributed by atoms with Crippen molar-refractivity contribution in [2.24, 2.45) is 12.8 Å². The molecule has 4 aromatic rings. The largest absolute Gasteiger partial charge is 0.372 e. The van der Waals surface area contributed by atoms with Gasteiger partial charge >= 0.3 is 0 Å². The van der Waals surface area contributed by atoms with Crippen LogP contribution in [-0.2, 0) is 7.05 Å². The van der Waals surface area contributed by atoms with Crippen molar-refractivity contribution in [2.45, 2.75) is 18.9 Å². The lowest BCUT2D eigenvalue weighted by atomic mass is 9.99. The summed E-state index contributed by atoms with van der Waals surface area (Å²) in [6.45, 7) is 1.47. The summed E-state index contributed by atoms with van der Waals surface area (Å²) in [5, 5.41) is 20.5. The molecule has 1 aliphatic heterocycles. The zero-order valence-electron chi connectivity index (χ0n) is 18.8. The molecule has 1 aromatic carbocycles. The van der Waals surface area contributed by atoms with Crippen LogP contribution in [0.3, 0.4) is 0 Å². The fourth-order valence-corrected chi connectivity index (χ4v) is 4.17. The van der Waals surface area contributed by atoms with Crippen molar-refractivity contribution >= 4 is 22.9 Å². The van der Waals surface area contributed by atoms with Gasteiger partial charge in [0.05, 0.1) is 16.8 Å². The van der Waals surface area contributed by atoms with E-state index in [0.29, 0.717) is 45.3 Å². The van der Waals surface area contributed by atoms with E-state index in [0.717, 1.165) is 25.9 Å². The normalized spacial score (nSPS) is 14.4. The third-order valence-electron chi connectivity index (χ3n) is 6.05. The van der Waals surface area contributed by atoms with Gasteiger partial charge in [0.15, 0.2) is 5.65 Å². The van der Waals surface area contributed by atoms with Crippen LogP contribution in [0, 0.1) is 17.1 Å². The molecule has 1 aliphatic rings. The minimum atomic E-state index is -0.608. The zero-order chi connectivity index (χ0) is 23.8. The minimum Gasteiger partial charge on any atom is -0.372 e. The summed E-state index contributed by atoms with van der Waals surface area (Å²) >= 11 is 0. The molecular formula is C23H23FN10. The molecule has 0 spiro atoms. The Balaban J connectivity index is 1.73. The molecule has 1 fully saturated rings. The third-order valence-corrected chi connectivity index (χ3v) is 6.05. The molecule has 3 N–H and O–H groups in total. The molecule has 1 saturated heterocycles. The summed E-state index contributed by atoms with van der Waals surface area (Å²) < 4.78 is 16.2. The van der Waals surface area contributed by atoms with Crippen LogP contribution in [0.15, 0.2) is 30.5 Å². The molecule has 4 heterocycles. The molecule has 5 rings (SSSR count). The van der Waals surface area contributed by atoms with Crippen LogP contribution in [0.1, 0.15) is 18.4 Å². The van der Waals surface area contributed by atoms with E-state index in [4.69, 9.17) is 21.0 Å². The number of piperidine rings is 1. The van der Waals surface area contributed by atoms with Crippen molar-refractivity contribution in [3.8, 4) is 28.5 Å². The highest BCUT2D eigenvalue weighted by atomic mass is 19.1. The van der Waals surface area contributed by atoms with Gasteiger partial charge in [-0.05, 0) is 31.0 Å². The van der Waals surface area contributed by atoms with Gasteiger partial charge in [-0.25, -0.2) is 19.0 Å². The first-order valence-corrected chi connectivity index (χ1v) is 10.9. The Labute approximate surface area is 195 Å². The molecule has 10 nitrogen and oxygen atoms in total. The van der Waals surface area contributed by atoms with Crippen molar-refractivity contribution in [1.29, 1.82) is 5.26 Å². The van der Waals surface area contributed by atoms with Crippen molar-refractivity contribution in [3.63, 3.8) is 0 Å². The highest BCUT2D eigenvalue weighted by Crippen LogP contribution is 2.38. The first kappa shape index (κ1) is 21.7. The monoisotopic (exact) mass is 458 g/mol. The third kappa shape index (κ3) is 3.78. The van der Waals surface area contributed by atoms with Crippen LogP contribution in [0.5, 0.6) is 0 Å². The zero-order valence-corrected chi connectivity index (χ0v) is 18.8. The maximum Gasteiger partial charge on any atom is 0.227 e. The van der Waals surface area contributed by atoms with Crippen LogP contribution in [0.2, 0.25) is 0 Å². The molecule has 11 heteroatoms. The Kier molecular flexibility index (Phi) is 5.51. The number of hydrogen-bond donors (Lipinski definition) is 2. The molecule has 34 heavy (non-hydrogen) atoms. The standard InChI is InChI=1S/C23H23FN10/c1-27-21-19(15-10-18-22(28-12-15)33(2)32-31-18)20(13-3-4-14(11-25)17(24)9-13)29-23(30-21)34-7-5-16(26)6-8-34/h3-4,9-10,12,16H,5-8,26H2,1-2H3,(H,27,29,30). The van der Waals surface area contributed by atoms with Gasteiger partial charge in [-0.3, -0.25) is 0 Å². The lowest BCUT2D eigenvalue weighted by Gasteiger charge is -2.31. The summed E-state index contributed by atoms with van der Waals surface area (Å²) in [4.78, 5) is 16.3. The van der Waals surface area contributed by atoms with Gasteiger partial charge < -0.3 is 16.0 Å². The van der Waals surface area contributed by atoms with Crippen molar-refractivity contribution in [2.75, 3.05) is 30.4 Å². The van der Waals surface area contributed by atoms with E-state index in [-0.39, 0.29) is 11.6 Å². The van der Waals surface area contributed by atoms with Crippen LogP contribution < -0.4 is 16.0 Å². The highest BCUT2D eigenvalue weighted by Gasteiger charge is 2.24. The number of aryl methyl sites for hydroxylation is 1. The van der Waals surface area contributed by atoms with Crippen LogP contribution in [0.4, 0.5) is 16.2 Å². The number of pyridine rings is 1. The second-order valence-electron chi connectivity index (χ2n) is 8.26. The molecular weight excluding hydrogens is 435 g/mol. The van der Waals surface area contributed by atoms with Crippen molar-refractivity contribution in [1.82, 2.24) is 29.9 Å². The Bertz CT molecular complexity index is 1420. The van der Waals surface area contributed by atoms with Crippen molar-refractivity contribution < 1.29 is 4.39 Å². The SMILES string of the molecule is CNc1nc(N2CCC(N)CC2)nc(-c2ccc(C#N)c(F)c2)c1-c1cnc2c(c1)nnn2C. The summed E-state index contributed by atoms with van der Waals surface area (Å²) in [7, 11) is 3.55. The van der Waals surface area contributed by atoms with Gasteiger partial charge in [-0.1, -0.05) is 11.3 Å². The van der Waals surface area contributed by atoms with Gasteiger partial charge in [0.25, 0.3) is 0 Å². The number of nitrogens with one attached hydrogen (secondary N) is 1. The van der Waals surface area contributed by atoms with Crippen LogP contribution >= 0.6 is 0 Å². The van der Waals surface area contributed by atoms with E-state index in [9.17, 15) is 4.39 Å². The average Bonchev–Trinajstić information content (AvgIpc) is 3.23. The Morgan fingerprint density at radius 3 is 2.68 bits per heavy atom. The number of fused-ring (bicyclic) bond motifs is 1. The number of anilines is 2. The van der Waals surface area contributed by atoms with E-state index in [1.54, 1.807) is 31.0 Å². The first-order chi connectivity index (χ1) is 16.5. The molecule has 0 saturated carbocycles. The molecule has 0 bridgehead atoms. The first-order valence-electron chi connectivity index (χ1n) is 10.9. The van der Waals surface area contributed by atoms with Gasteiger partial charge in [-0.15, -0.1) is 5.10 Å². The second kappa shape index (κ2) is 8.64. The Morgan fingerprint density at radius 2 is 1.97 bits per heavy atom. The van der Waals surface area contributed by atoms with E-state index < -0.39 is 5.82 Å². The fourth-order valence-electron chi connectivity index (χ4n) is 4.17. The number of benzene rings is 1. The fraction of sp³-hybridized carbons (Fsp3) is 0.304. The van der Waals surface area contributed by atoms with Crippen LogP contribution in [-0.4, -0.2) is 56.1 Å². The topological polar surface area (TPSA) is 134 Å². The molecule has 3 aromatic heterocycles. The van der Waals surface area contributed by atoms with Gasteiger partial charge in [-0.2, -0.15) is 10.2 Å². The quantitative estimate of drug-likeness (QED) is 0.473. The number of rotatable bonds is 4. The smallest absolute Gasteiger partial charge is 0.227 e. The summed E-state index contributed by atoms with van der Waals surface area (Å²) in [6.07, 6.45) is 3.39. The number of nitrogens with zero attached hydrogens (tertiary/aromatic N) is 8. The molecule has 0 atom stereocenters. The van der Waals surface area contributed by atoms with Gasteiger partial charge in [0.2, 0.25) is 5.95 Å². The van der Waals surface area contributed by atoms with E-state index >= 15 is 0 Å². The number of halogens is 1. The lowest BCUT2D eigenvalue weighted by Crippen LogP contribution is -2.40.